The van der Waals surface area contributed by atoms with Crippen LogP contribution in [0, 0.1) is 5.92 Å². The Morgan fingerprint density at radius 3 is 2.45 bits per heavy atom. The number of nitrogens with one attached hydrogen (secondary N) is 2. The summed E-state index contributed by atoms with van der Waals surface area (Å²) in [5.74, 6) is 0.0134. The van der Waals surface area contributed by atoms with E-state index in [2.05, 4.69) is 15.6 Å². The SMILES string of the molecule is CC(C)C(=O)Nc1ccc(NCc2cccnc2)cc1. The van der Waals surface area contributed by atoms with Gasteiger partial charge >= 0.3 is 0 Å². The quantitative estimate of drug-likeness (QED) is 0.875. The molecular formula is C16H19N3O. The van der Waals surface area contributed by atoms with Gasteiger partial charge in [-0.1, -0.05) is 19.9 Å². The molecule has 20 heavy (non-hydrogen) atoms. The predicted octanol–water partition coefficient (Wildman–Crippen LogP) is 3.29. The molecule has 0 atom stereocenters. The summed E-state index contributed by atoms with van der Waals surface area (Å²) < 4.78 is 0. The number of pyridine rings is 1. The number of benzene rings is 1. The third-order valence-corrected chi connectivity index (χ3v) is 2.90. The van der Waals surface area contributed by atoms with Gasteiger partial charge in [0.05, 0.1) is 0 Å². The molecule has 4 nitrogen and oxygen atoms in total. The largest absolute Gasteiger partial charge is 0.381 e. The molecule has 1 aromatic carbocycles. The highest BCUT2D eigenvalue weighted by atomic mass is 16.1. The Morgan fingerprint density at radius 1 is 1.15 bits per heavy atom. The first-order valence-corrected chi connectivity index (χ1v) is 6.69. The minimum absolute atomic E-state index is 0.0154. The van der Waals surface area contributed by atoms with E-state index in [1.807, 2.05) is 56.4 Å². The van der Waals surface area contributed by atoms with Crippen LogP contribution in [0.4, 0.5) is 11.4 Å². The molecule has 104 valence electrons. The van der Waals surface area contributed by atoms with Crippen LogP contribution in [0.15, 0.2) is 48.8 Å². The first kappa shape index (κ1) is 14.1. The van der Waals surface area contributed by atoms with Crippen LogP contribution in [0.1, 0.15) is 19.4 Å². The zero-order chi connectivity index (χ0) is 14.4. The number of anilines is 2. The van der Waals surface area contributed by atoms with Gasteiger partial charge in [-0.15, -0.1) is 0 Å². The standard InChI is InChI=1S/C16H19N3O/c1-12(2)16(20)19-15-7-5-14(6-8-15)18-11-13-4-3-9-17-10-13/h3-10,12,18H,11H2,1-2H3,(H,19,20). The molecule has 0 aliphatic heterocycles. The number of nitrogens with zero attached hydrogens (tertiary/aromatic N) is 1. The Labute approximate surface area is 119 Å². The van der Waals surface area contributed by atoms with Gasteiger partial charge in [-0.3, -0.25) is 9.78 Å². The minimum Gasteiger partial charge on any atom is -0.381 e. The second-order valence-electron chi connectivity index (χ2n) is 4.94. The predicted molar refractivity (Wildman–Crippen MR) is 81.5 cm³/mol. The lowest BCUT2D eigenvalue weighted by atomic mass is 10.2. The molecule has 1 heterocycles. The molecule has 0 fully saturated rings. The van der Waals surface area contributed by atoms with Crippen molar-refractivity contribution in [1.82, 2.24) is 4.98 Å². The van der Waals surface area contributed by atoms with Crippen molar-refractivity contribution in [2.75, 3.05) is 10.6 Å². The minimum atomic E-state index is -0.0154. The van der Waals surface area contributed by atoms with E-state index in [1.54, 1.807) is 6.20 Å². The second kappa shape index (κ2) is 6.70. The van der Waals surface area contributed by atoms with E-state index in [4.69, 9.17) is 0 Å². The van der Waals surface area contributed by atoms with Crippen LogP contribution in [-0.2, 0) is 11.3 Å². The Balaban J connectivity index is 1.90. The van der Waals surface area contributed by atoms with Crippen LogP contribution in [0.5, 0.6) is 0 Å². The second-order valence-corrected chi connectivity index (χ2v) is 4.94. The van der Waals surface area contributed by atoms with Crippen LogP contribution < -0.4 is 10.6 Å². The van der Waals surface area contributed by atoms with Crippen molar-refractivity contribution < 1.29 is 4.79 Å². The van der Waals surface area contributed by atoms with Crippen LogP contribution in [0.25, 0.3) is 0 Å². The van der Waals surface area contributed by atoms with Crippen LogP contribution in [-0.4, -0.2) is 10.9 Å². The zero-order valence-corrected chi connectivity index (χ0v) is 11.8. The van der Waals surface area contributed by atoms with E-state index in [0.29, 0.717) is 0 Å². The monoisotopic (exact) mass is 269 g/mol. The van der Waals surface area contributed by atoms with Crippen molar-refractivity contribution in [2.24, 2.45) is 5.92 Å². The fourth-order valence-corrected chi connectivity index (χ4v) is 1.66. The van der Waals surface area contributed by atoms with Gasteiger partial charge in [0.15, 0.2) is 0 Å². The Morgan fingerprint density at radius 2 is 1.85 bits per heavy atom. The van der Waals surface area contributed by atoms with Gasteiger partial charge in [0.2, 0.25) is 5.91 Å². The van der Waals surface area contributed by atoms with Gasteiger partial charge in [-0.25, -0.2) is 0 Å². The zero-order valence-electron chi connectivity index (χ0n) is 11.8. The summed E-state index contributed by atoms with van der Waals surface area (Å²) in [6, 6.07) is 11.6. The number of carbonyl (C=O) groups excluding carboxylic acids is 1. The maximum atomic E-state index is 11.6. The van der Waals surface area contributed by atoms with Crippen LogP contribution in [0.2, 0.25) is 0 Å². The van der Waals surface area contributed by atoms with Crippen molar-refractivity contribution in [2.45, 2.75) is 20.4 Å². The van der Waals surface area contributed by atoms with Gasteiger partial charge in [0, 0.05) is 36.2 Å². The van der Waals surface area contributed by atoms with E-state index < -0.39 is 0 Å². The summed E-state index contributed by atoms with van der Waals surface area (Å²) in [6.07, 6.45) is 3.60. The highest BCUT2D eigenvalue weighted by molar-refractivity contribution is 5.92. The molecule has 0 saturated carbocycles. The summed E-state index contributed by atoms with van der Waals surface area (Å²) in [5, 5.41) is 6.18. The average molecular weight is 269 g/mol. The summed E-state index contributed by atoms with van der Waals surface area (Å²) in [4.78, 5) is 15.6. The number of hydrogen-bond donors (Lipinski definition) is 2. The van der Waals surface area contributed by atoms with E-state index in [9.17, 15) is 4.79 Å². The third kappa shape index (κ3) is 4.09. The number of hydrogen-bond acceptors (Lipinski definition) is 3. The van der Waals surface area contributed by atoms with Crippen LogP contribution in [0.3, 0.4) is 0 Å². The lowest BCUT2D eigenvalue weighted by Gasteiger charge is -2.10. The Bertz CT molecular complexity index is 550. The number of rotatable bonds is 5. The smallest absolute Gasteiger partial charge is 0.226 e. The van der Waals surface area contributed by atoms with E-state index in [0.717, 1.165) is 23.5 Å². The molecule has 4 heteroatoms. The molecular weight excluding hydrogens is 250 g/mol. The molecule has 0 bridgehead atoms. The molecule has 2 N–H and O–H groups in total. The fraction of sp³-hybridized carbons (Fsp3) is 0.250. The molecule has 0 radical (unpaired) electrons. The maximum Gasteiger partial charge on any atom is 0.226 e. The topological polar surface area (TPSA) is 54.0 Å². The summed E-state index contributed by atoms with van der Waals surface area (Å²) in [7, 11) is 0. The Hall–Kier alpha value is -2.36. The lowest BCUT2D eigenvalue weighted by Crippen LogP contribution is -2.17. The molecule has 0 aliphatic carbocycles. The van der Waals surface area contributed by atoms with Gasteiger partial charge in [0.1, 0.15) is 0 Å². The number of amides is 1. The van der Waals surface area contributed by atoms with E-state index in [1.165, 1.54) is 0 Å². The molecule has 2 aromatic rings. The lowest BCUT2D eigenvalue weighted by molar-refractivity contribution is -0.118. The van der Waals surface area contributed by atoms with Crippen molar-refractivity contribution in [1.29, 1.82) is 0 Å². The summed E-state index contributed by atoms with van der Waals surface area (Å²) in [5.41, 5.74) is 2.96. The number of aromatic nitrogens is 1. The van der Waals surface area contributed by atoms with Gasteiger partial charge in [0.25, 0.3) is 0 Å². The van der Waals surface area contributed by atoms with Crippen molar-refractivity contribution in [3.8, 4) is 0 Å². The van der Waals surface area contributed by atoms with Crippen molar-refractivity contribution in [3.05, 3.63) is 54.4 Å². The first-order valence-electron chi connectivity index (χ1n) is 6.69. The van der Waals surface area contributed by atoms with Crippen molar-refractivity contribution >= 4 is 17.3 Å². The van der Waals surface area contributed by atoms with Gasteiger partial charge < -0.3 is 10.6 Å². The van der Waals surface area contributed by atoms with E-state index >= 15 is 0 Å². The summed E-state index contributed by atoms with van der Waals surface area (Å²) >= 11 is 0. The van der Waals surface area contributed by atoms with Crippen molar-refractivity contribution in [3.63, 3.8) is 0 Å². The molecule has 0 spiro atoms. The third-order valence-electron chi connectivity index (χ3n) is 2.90. The summed E-state index contributed by atoms with van der Waals surface area (Å²) in [6.45, 7) is 4.48. The molecule has 0 saturated heterocycles. The molecule has 0 aliphatic rings. The molecule has 2 rings (SSSR count). The Kier molecular flexibility index (Phi) is 4.71. The average Bonchev–Trinajstić information content (AvgIpc) is 2.47. The van der Waals surface area contributed by atoms with Gasteiger partial charge in [-0.05, 0) is 35.9 Å². The van der Waals surface area contributed by atoms with E-state index in [-0.39, 0.29) is 11.8 Å². The normalized spacial score (nSPS) is 10.3. The van der Waals surface area contributed by atoms with Crippen LogP contribution >= 0.6 is 0 Å². The highest BCUT2D eigenvalue weighted by Gasteiger charge is 2.06. The molecule has 1 aromatic heterocycles. The maximum absolute atomic E-state index is 11.6. The number of carbonyl (C=O) groups is 1. The van der Waals surface area contributed by atoms with Gasteiger partial charge in [-0.2, -0.15) is 0 Å². The molecule has 0 unspecified atom stereocenters. The first-order chi connectivity index (χ1) is 9.65. The fourth-order valence-electron chi connectivity index (χ4n) is 1.66. The highest BCUT2D eigenvalue weighted by Crippen LogP contribution is 2.15. The molecule has 1 amide bonds.